The molecule has 1 N–H and O–H groups in total. The zero-order valence-corrected chi connectivity index (χ0v) is 17.1. The number of anilines is 1. The molecule has 4 aromatic rings. The van der Waals surface area contributed by atoms with Gasteiger partial charge < -0.3 is 10.1 Å². The number of aryl methyl sites for hydroxylation is 1. The summed E-state index contributed by atoms with van der Waals surface area (Å²) in [6, 6.07) is 16.9. The molecule has 2 heterocycles. The maximum Gasteiger partial charge on any atom is 0.276 e. The number of ether oxygens (including phenoxy) is 1. The monoisotopic (exact) mass is 421 g/mol. The molecule has 0 atom stereocenters. The molecule has 1 amide bonds. The Hall–Kier alpha value is -3.58. The van der Waals surface area contributed by atoms with Crippen molar-refractivity contribution in [2.45, 2.75) is 20.2 Å². The van der Waals surface area contributed by atoms with Crippen molar-refractivity contribution in [3.63, 3.8) is 0 Å². The number of hydrogen-bond acceptors (Lipinski definition) is 4. The highest BCUT2D eigenvalue weighted by atomic mass is 35.5. The fourth-order valence-corrected chi connectivity index (χ4v) is 3.10. The van der Waals surface area contributed by atoms with Gasteiger partial charge in [-0.1, -0.05) is 41.9 Å². The third-order valence-corrected chi connectivity index (χ3v) is 4.75. The van der Waals surface area contributed by atoms with Crippen molar-refractivity contribution < 1.29 is 9.53 Å². The predicted molar refractivity (Wildman–Crippen MR) is 115 cm³/mol. The summed E-state index contributed by atoms with van der Waals surface area (Å²) in [5.74, 6) is 0.317. The summed E-state index contributed by atoms with van der Waals surface area (Å²) >= 11 is 5.94. The minimum atomic E-state index is -0.313. The van der Waals surface area contributed by atoms with E-state index in [2.05, 4.69) is 34.6 Å². The Kier molecular flexibility index (Phi) is 5.81. The first kappa shape index (κ1) is 19.7. The Morgan fingerprint density at radius 1 is 1.13 bits per heavy atom. The van der Waals surface area contributed by atoms with Crippen LogP contribution in [-0.2, 0) is 13.3 Å². The quantitative estimate of drug-likeness (QED) is 0.480. The number of nitrogens with one attached hydrogen (secondary N) is 1. The van der Waals surface area contributed by atoms with Crippen LogP contribution in [0.15, 0.2) is 73.2 Å². The number of nitrogens with zero attached hydrogens (tertiary/aromatic N) is 4. The third kappa shape index (κ3) is 4.87. The van der Waals surface area contributed by atoms with Gasteiger partial charge in [0.05, 0.1) is 18.4 Å². The maximum atomic E-state index is 12.5. The highest BCUT2D eigenvalue weighted by molar-refractivity contribution is 6.30. The van der Waals surface area contributed by atoms with E-state index < -0.39 is 0 Å². The Labute approximate surface area is 178 Å². The van der Waals surface area contributed by atoms with E-state index in [1.807, 2.05) is 12.1 Å². The number of carbonyl (C=O) groups excluding carboxylic acids is 1. The van der Waals surface area contributed by atoms with Gasteiger partial charge in [-0.15, -0.1) is 0 Å². The minimum absolute atomic E-state index is 0.169. The van der Waals surface area contributed by atoms with Crippen molar-refractivity contribution in [2.24, 2.45) is 0 Å². The third-order valence-electron chi connectivity index (χ3n) is 4.52. The number of halogens is 1. The molecule has 152 valence electrons. The fraction of sp³-hybridized carbons (Fsp3) is 0.136. The second-order valence-corrected chi connectivity index (χ2v) is 7.21. The van der Waals surface area contributed by atoms with E-state index >= 15 is 0 Å². The number of hydrogen-bond donors (Lipinski definition) is 1. The molecule has 0 radical (unpaired) electrons. The summed E-state index contributed by atoms with van der Waals surface area (Å²) in [7, 11) is 0. The van der Waals surface area contributed by atoms with Gasteiger partial charge >= 0.3 is 0 Å². The SMILES string of the molecule is Cc1ccccc1Cn1cc(NC(=O)c2ccn(COc3cccc(Cl)c3)n2)cn1. The molecule has 7 nitrogen and oxygen atoms in total. The van der Waals surface area contributed by atoms with Gasteiger partial charge in [0.2, 0.25) is 0 Å². The Balaban J connectivity index is 1.34. The van der Waals surface area contributed by atoms with Crippen LogP contribution in [0.25, 0.3) is 0 Å². The van der Waals surface area contributed by atoms with Crippen molar-refractivity contribution in [1.82, 2.24) is 19.6 Å². The van der Waals surface area contributed by atoms with Crippen LogP contribution in [0, 0.1) is 6.92 Å². The van der Waals surface area contributed by atoms with Gasteiger partial charge in [-0.05, 0) is 42.3 Å². The van der Waals surface area contributed by atoms with E-state index in [9.17, 15) is 4.79 Å². The normalized spacial score (nSPS) is 10.7. The van der Waals surface area contributed by atoms with Crippen molar-refractivity contribution in [3.8, 4) is 5.75 Å². The average Bonchev–Trinajstić information content (AvgIpc) is 3.38. The highest BCUT2D eigenvalue weighted by Gasteiger charge is 2.11. The van der Waals surface area contributed by atoms with Crippen LogP contribution < -0.4 is 10.1 Å². The molecular weight excluding hydrogens is 402 g/mol. The predicted octanol–water partition coefficient (Wildman–Crippen LogP) is 4.38. The first-order chi connectivity index (χ1) is 14.6. The molecule has 30 heavy (non-hydrogen) atoms. The first-order valence-electron chi connectivity index (χ1n) is 9.37. The number of carbonyl (C=O) groups is 1. The first-order valence-corrected chi connectivity index (χ1v) is 9.75. The van der Waals surface area contributed by atoms with Crippen molar-refractivity contribution in [3.05, 3.63) is 95.0 Å². The molecule has 8 heteroatoms. The smallest absolute Gasteiger partial charge is 0.276 e. The van der Waals surface area contributed by atoms with Crippen LogP contribution >= 0.6 is 11.6 Å². The summed E-state index contributed by atoms with van der Waals surface area (Å²) < 4.78 is 8.95. The number of amides is 1. The lowest BCUT2D eigenvalue weighted by molar-refractivity contribution is 0.102. The minimum Gasteiger partial charge on any atom is -0.471 e. The molecule has 0 saturated heterocycles. The average molecular weight is 422 g/mol. The lowest BCUT2D eigenvalue weighted by atomic mass is 10.1. The van der Waals surface area contributed by atoms with Crippen molar-refractivity contribution in [1.29, 1.82) is 0 Å². The van der Waals surface area contributed by atoms with Crippen molar-refractivity contribution in [2.75, 3.05) is 5.32 Å². The lowest BCUT2D eigenvalue weighted by Gasteiger charge is -2.06. The van der Waals surface area contributed by atoms with Crippen molar-refractivity contribution >= 4 is 23.2 Å². The van der Waals surface area contributed by atoms with Crippen LogP contribution in [-0.4, -0.2) is 25.5 Å². The van der Waals surface area contributed by atoms with Gasteiger partial charge in [-0.2, -0.15) is 10.2 Å². The van der Waals surface area contributed by atoms with E-state index in [4.69, 9.17) is 16.3 Å². The molecule has 4 rings (SSSR count). The van der Waals surface area contributed by atoms with Gasteiger partial charge in [0, 0.05) is 17.4 Å². The molecule has 2 aromatic heterocycles. The van der Waals surface area contributed by atoms with Crippen LogP contribution in [0.4, 0.5) is 5.69 Å². The van der Waals surface area contributed by atoms with Gasteiger partial charge in [0.15, 0.2) is 12.4 Å². The molecule has 0 saturated carbocycles. The van der Waals surface area contributed by atoms with Crippen LogP contribution in [0.2, 0.25) is 5.02 Å². The van der Waals surface area contributed by atoms with Crippen LogP contribution in [0.5, 0.6) is 5.75 Å². The molecule has 2 aromatic carbocycles. The zero-order chi connectivity index (χ0) is 20.9. The Morgan fingerprint density at radius 3 is 2.83 bits per heavy atom. The number of benzene rings is 2. The van der Waals surface area contributed by atoms with Crippen LogP contribution in [0.1, 0.15) is 21.6 Å². The van der Waals surface area contributed by atoms with Gasteiger partial charge in [-0.3, -0.25) is 9.48 Å². The zero-order valence-electron chi connectivity index (χ0n) is 16.3. The van der Waals surface area contributed by atoms with E-state index in [0.29, 0.717) is 23.0 Å². The molecule has 0 fully saturated rings. The van der Waals surface area contributed by atoms with Crippen LogP contribution in [0.3, 0.4) is 0 Å². The van der Waals surface area contributed by atoms with Gasteiger partial charge in [-0.25, -0.2) is 4.68 Å². The van der Waals surface area contributed by atoms with E-state index in [0.717, 1.165) is 0 Å². The fourth-order valence-electron chi connectivity index (χ4n) is 2.92. The lowest BCUT2D eigenvalue weighted by Crippen LogP contribution is -2.14. The topological polar surface area (TPSA) is 74.0 Å². The number of rotatable bonds is 7. The molecule has 0 aliphatic rings. The number of aromatic nitrogens is 4. The van der Waals surface area contributed by atoms with Gasteiger partial charge in [0.1, 0.15) is 5.75 Å². The maximum absolute atomic E-state index is 12.5. The highest BCUT2D eigenvalue weighted by Crippen LogP contribution is 2.17. The largest absolute Gasteiger partial charge is 0.471 e. The molecule has 0 spiro atoms. The Bertz CT molecular complexity index is 1170. The summed E-state index contributed by atoms with van der Waals surface area (Å²) in [5.41, 5.74) is 3.27. The standard InChI is InChI=1S/C22H20ClN5O2/c1-16-5-2-3-6-17(16)13-28-14-19(12-24-28)25-22(29)21-9-10-27(26-21)15-30-20-8-4-7-18(23)11-20/h2-12,14H,13,15H2,1H3,(H,25,29). The van der Waals surface area contributed by atoms with E-state index in [1.165, 1.54) is 15.8 Å². The summed E-state index contributed by atoms with van der Waals surface area (Å²) in [4.78, 5) is 12.5. The van der Waals surface area contributed by atoms with Gasteiger partial charge in [0.25, 0.3) is 5.91 Å². The summed E-state index contributed by atoms with van der Waals surface area (Å²) in [6.45, 7) is 2.87. The molecule has 0 aliphatic carbocycles. The molecular formula is C22H20ClN5O2. The second kappa shape index (κ2) is 8.84. The second-order valence-electron chi connectivity index (χ2n) is 6.78. The Morgan fingerprint density at radius 2 is 2.00 bits per heavy atom. The summed E-state index contributed by atoms with van der Waals surface area (Å²) in [6.07, 6.45) is 5.10. The van der Waals surface area contributed by atoms with E-state index in [-0.39, 0.29) is 18.3 Å². The molecule has 0 bridgehead atoms. The van der Waals surface area contributed by atoms with E-state index in [1.54, 1.807) is 53.6 Å². The molecule has 0 unspecified atom stereocenters. The summed E-state index contributed by atoms with van der Waals surface area (Å²) in [5, 5.41) is 12.0. The molecule has 0 aliphatic heterocycles.